The van der Waals surface area contributed by atoms with Crippen molar-refractivity contribution in [2.75, 3.05) is 51.4 Å². The largest absolute Gasteiger partial charge is 0.381 e. The smallest absolute Gasteiger partial charge is 0.257 e. The van der Waals surface area contributed by atoms with Gasteiger partial charge in [-0.05, 0) is 36.2 Å². The van der Waals surface area contributed by atoms with E-state index in [4.69, 9.17) is 21.1 Å². The fourth-order valence-corrected chi connectivity index (χ4v) is 4.55. The molecule has 0 unspecified atom stereocenters. The molecule has 0 radical (unpaired) electrons. The highest BCUT2D eigenvalue weighted by atomic mass is 35.5. The lowest BCUT2D eigenvalue weighted by Crippen LogP contribution is -2.51. The summed E-state index contributed by atoms with van der Waals surface area (Å²) in [5, 5.41) is 7.02. The molecule has 7 heteroatoms. The van der Waals surface area contributed by atoms with Crippen molar-refractivity contribution in [3.63, 3.8) is 0 Å². The Labute approximate surface area is 188 Å². The number of hydrogen-bond donors (Lipinski definition) is 2. The highest BCUT2D eigenvalue weighted by Crippen LogP contribution is 2.22. The van der Waals surface area contributed by atoms with E-state index in [1.807, 2.05) is 24.3 Å². The van der Waals surface area contributed by atoms with E-state index in [1.165, 1.54) is 0 Å². The second-order valence-corrected chi connectivity index (χ2v) is 8.51. The fourth-order valence-electron chi connectivity index (χ4n) is 4.33. The van der Waals surface area contributed by atoms with Crippen LogP contribution in [0.1, 0.15) is 22.3 Å². The van der Waals surface area contributed by atoms with Crippen LogP contribution in [0.25, 0.3) is 0 Å². The average molecular weight is 444 g/mol. The Balaban J connectivity index is 1.33. The molecule has 0 bridgehead atoms. The summed E-state index contributed by atoms with van der Waals surface area (Å²) in [6, 6.07) is 15.4. The lowest BCUT2D eigenvalue weighted by atomic mass is 9.96. The zero-order valence-corrected chi connectivity index (χ0v) is 18.4. The Morgan fingerprint density at radius 3 is 2.71 bits per heavy atom. The van der Waals surface area contributed by atoms with Crippen molar-refractivity contribution in [2.24, 2.45) is 5.92 Å². The minimum absolute atomic E-state index is 0.204. The molecule has 0 spiro atoms. The van der Waals surface area contributed by atoms with Crippen LogP contribution in [0.3, 0.4) is 0 Å². The third-order valence-electron chi connectivity index (χ3n) is 6.01. The lowest BCUT2D eigenvalue weighted by Gasteiger charge is -2.37. The van der Waals surface area contributed by atoms with Gasteiger partial charge in [0.2, 0.25) is 0 Å². The molecule has 1 amide bonds. The molecule has 2 atom stereocenters. The number of morpholine rings is 1. The summed E-state index contributed by atoms with van der Waals surface area (Å²) < 4.78 is 11.2. The normalized spacial score (nSPS) is 20.5. The van der Waals surface area contributed by atoms with Crippen LogP contribution >= 0.6 is 11.6 Å². The molecular formula is C24H30ClN3O3. The summed E-state index contributed by atoms with van der Waals surface area (Å²) in [7, 11) is 0. The molecular weight excluding hydrogens is 414 g/mol. The zero-order chi connectivity index (χ0) is 21.5. The van der Waals surface area contributed by atoms with Crippen LogP contribution in [0.2, 0.25) is 5.02 Å². The number of ether oxygens (including phenoxy) is 2. The number of hydrogen-bond acceptors (Lipinski definition) is 5. The first-order valence-corrected chi connectivity index (χ1v) is 11.3. The van der Waals surface area contributed by atoms with Crippen molar-refractivity contribution >= 4 is 23.2 Å². The highest BCUT2D eigenvalue weighted by molar-refractivity contribution is 6.34. The van der Waals surface area contributed by atoms with Crippen molar-refractivity contribution in [3.05, 3.63) is 64.7 Å². The molecule has 2 aromatic carbocycles. The molecule has 2 saturated heterocycles. The van der Waals surface area contributed by atoms with Crippen molar-refractivity contribution in [1.29, 1.82) is 0 Å². The molecule has 2 aliphatic heterocycles. The topological polar surface area (TPSA) is 62.8 Å². The predicted molar refractivity (Wildman–Crippen MR) is 123 cm³/mol. The van der Waals surface area contributed by atoms with Crippen LogP contribution in [0, 0.1) is 5.92 Å². The van der Waals surface area contributed by atoms with Crippen LogP contribution in [0.5, 0.6) is 0 Å². The van der Waals surface area contributed by atoms with Gasteiger partial charge in [0, 0.05) is 50.4 Å². The van der Waals surface area contributed by atoms with Gasteiger partial charge < -0.3 is 20.1 Å². The summed E-state index contributed by atoms with van der Waals surface area (Å²) in [5.41, 5.74) is 2.36. The maximum Gasteiger partial charge on any atom is 0.257 e. The van der Waals surface area contributed by atoms with Gasteiger partial charge in [0.15, 0.2) is 0 Å². The van der Waals surface area contributed by atoms with Crippen molar-refractivity contribution in [2.45, 2.75) is 19.0 Å². The van der Waals surface area contributed by atoms with Gasteiger partial charge in [0.05, 0.1) is 30.4 Å². The SMILES string of the molecule is O=C(Nc1cccc(CNC[C@H]([C@H]2CCOC2)N2CCOCC2)c1)c1ccccc1Cl. The summed E-state index contributed by atoms with van der Waals surface area (Å²) in [6.45, 7) is 6.91. The molecule has 2 aliphatic rings. The third-order valence-corrected chi connectivity index (χ3v) is 6.34. The molecule has 2 fully saturated rings. The van der Waals surface area contributed by atoms with Crippen molar-refractivity contribution in [3.8, 4) is 0 Å². The van der Waals surface area contributed by atoms with Gasteiger partial charge in [-0.2, -0.15) is 0 Å². The maximum absolute atomic E-state index is 12.5. The number of amides is 1. The first-order chi connectivity index (χ1) is 15.2. The molecule has 0 aliphatic carbocycles. The number of rotatable bonds is 8. The number of nitrogens with one attached hydrogen (secondary N) is 2. The van der Waals surface area contributed by atoms with Gasteiger partial charge in [0.1, 0.15) is 0 Å². The Morgan fingerprint density at radius 1 is 1.10 bits per heavy atom. The second-order valence-electron chi connectivity index (χ2n) is 8.10. The zero-order valence-electron chi connectivity index (χ0n) is 17.7. The van der Waals surface area contributed by atoms with Crippen LogP contribution in [0.4, 0.5) is 5.69 Å². The van der Waals surface area contributed by atoms with Crippen molar-refractivity contribution in [1.82, 2.24) is 10.2 Å². The van der Waals surface area contributed by atoms with Gasteiger partial charge in [-0.15, -0.1) is 0 Å². The van der Waals surface area contributed by atoms with Crippen molar-refractivity contribution < 1.29 is 14.3 Å². The van der Waals surface area contributed by atoms with Crippen LogP contribution in [-0.2, 0) is 16.0 Å². The fraction of sp³-hybridized carbons (Fsp3) is 0.458. The Morgan fingerprint density at radius 2 is 1.94 bits per heavy atom. The lowest BCUT2D eigenvalue weighted by molar-refractivity contribution is 0.00137. The number of carbonyl (C=O) groups excluding carboxylic acids is 1. The van der Waals surface area contributed by atoms with Gasteiger partial charge in [-0.3, -0.25) is 9.69 Å². The van der Waals surface area contributed by atoms with Gasteiger partial charge in [0.25, 0.3) is 5.91 Å². The summed E-state index contributed by atoms with van der Waals surface area (Å²) in [6.07, 6.45) is 1.12. The standard InChI is InChI=1S/C24H30ClN3O3/c25-22-7-2-1-6-21(22)24(29)27-20-5-3-4-18(14-20)15-26-16-23(19-8-11-31-17-19)28-9-12-30-13-10-28/h1-7,14,19,23,26H,8-13,15-17H2,(H,27,29)/t19-,23+/m0/s1. The van der Waals surface area contributed by atoms with E-state index >= 15 is 0 Å². The third kappa shape index (κ3) is 6.05. The van der Waals surface area contributed by atoms with E-state index in [0.29, 0.717) is 22.5 Å². The molecule has 2 aromatic rings. The number of halogens is 1. The van der Waals surface area contributed by atoms with Gasteiger partial charge in [-0.25, -0.2) is 0 Å². The van der Waals surface area contributed by atoms with E-state index in [2.05, 4.69) is 21.6 Å². The number of benzene rings is 2. The molecule has 166 valence electrons. The summed E-state index contributed by atoms with van der Waals surface area (Å²) >= 11 is 6.14. The summed E-state index contributed by atoms with van der Waals surface area (Å²) in [5.74, 6) is 0.358. The first kappa shape index (κ1) is 22.2. The number of anilines is 1. The van der Waals surface area contributed by atoms with Crippen LogP contribution in [0.15, 0.2) is 48.5 Å². The van der Waals surface area contributed by atoms with Gasteiger partial charge >= 0.3 is 0 Å². The Kier molecular flexibility index (Phi) is 7.94. The molecule has 4 rings (SSSR count). The molecule has 0 saturated carbocycles. The molecule has 0 aromatic heterocycles. The van der Waals surface area contributed by atoms with E-state index in [1.54, 1.807) is 18.2 Å². The minimum Gasteiger partial charge on any atom is -0.381 e. The van der Waals surface area contributed by atoms with E-state index in [-0.39, 0.29) is 5.91 Å². The quantitative estimate of drug-likeness (QED) is 0.654. The first-order valence-electron chi connectivity index (χ1n) is 11.0. The minimum atomic E-state index is -0.204. The van der Waals surface area contributed by atoms with Crippen LogP contribution < -0.4 is 10.6 Å². The maximum atomic E-state index is 12.5. The molecule has 6 nitrogen and oxygen atoms in total. The van der Waals surface area contributed by atoms with E-state index in [0.717, 1.165) is 70.3 Å². The molecule has 2 heterocycles. The van der Waals surface area contributed by atoms with E-state index in [9.17, 15) is 4.79 Å². The van der Waals surface area contributed by atoms with Gasteiger partial charge in [-0.1, -0.05) is 35.9 Å². The number of nitrogens with zero attached hydrogens (tertiary/aromatic N) is 1. The monoisotopic (exact) mass is 443 g/mol. The Bertz CT molecular complexity index is 867. The molecule has 2 N–H and O–H groups in total. The highest BCUT2D eigenvalue weighted by Gasteiger charge is 2.31. The predicted octanol–water partition coefficient (Wildman–Crippen LogP) is 3.42. The second kappa shape index (κ2) is 11.1. The van der Waals surface area contributed by atoms with E-state index < -0.39 is 0 Å². The molecule has 31 heavy (non-hydrogen) atoms. The van der Waals surface area contributed by atoms with Crippen LogP contribution in [-0.4, -0.2) is 62.9 Å². The number of carbonyl (C=O) groups is 1. The Hall–Kier alpha value is -1.96. The summed E-state index contributed by atoms with van der Waals surface area (Å²) in [4.78, 5) is 15.1. The average Bonchev–Trinajstić information content (AvgIpc) is 3.32.